The van der Waals surface area contributed by atoms with Gasteiger partial charge in [0.2, 0.25) is 0 Å². The number of nitrogen functional groups attached to an aromatic ring is 1. The molecule has 0 unspecified atom stereocenters. The molecule has 3 rings (SSSR count). The third-order valence-electron chi connectivity index (χ3n) is 3.89. The maximum Gasteiger partial charge on any atom is 0.253 e. The maximum absolute atomic E-state index is 12.5. The summed E-state index contributed by atoms with van der Waals surface area (Å²) < 4.78 is 0. The fourth-order valence-electron chi connectivity index (χ4n) is 2.46. The number of nitrogens with two attached hydrogens (primary N) is 1. The van der Waals surface area contributed by atoms with Gasteiger partial charge in [-0.1, -0.05) is 12.1 Å². The number of hydrogen-bond donors (Lipinski definition) is 1. The zero-order valence-corrected chi connectivity index (χ0v) is 12.6. The van der Waals surface area contributed by atoms with Crippen LogP contribution in [0.15, 0.2) is 36.7 Å². The van der Waals surface area contributed by atoms with Gasteiger partial charge in [-0.25, -0.2) is 4.98 Å². The summed E-state index contributed by atoms with van der Waals surface area (Å²) in [6.07, 6.45) is 3.16. The zero-order chi connectivity index (χ0) is 15.5. The highest BCUT2D eigenvalue weighted by Crippen LogP contribution is 2.18. The fourth-order valence-corrected chi connectivity index (χ4v) is 2.46. The monoisotopic (exact) mass is 297 g/mol. The van der Waals surface area contributed by atoms with E-state index in [1.165, 1.54) is 6.20 Å². The van der Waals surface area contributed by atoms with Crippen molar-refractivity contribution in [3.8, 4) is 11.3 Å². The van der Waals surface area contributed by atoms with Crippen molar-refractivity contribution in [1.82, 2.24) is 19.8 Å². The molecule has 1 aliphatic rings. The van der Waals surface area contributed by atoms with Crippen LogP contribution < -0.4 is 5.73 Å². The normalized spacial score (nSPS) is 15.8. The third-order valence-corrected chi connectivity index (χ3v) is 3.89. The molecule has 0 saturated carbocycles. The number of likely N-dealkylation sites (N-methyl/N-ethyl adjacent to an activating group) is 1. The lowest BCUT2D eigenvalue weighted by Crippen LogP contribution is -2.47. The molecule has 6 heteroatoms. The van der Waals surface area contributed by atoms with E-state index >= 15 is 0 Å². The molecule has 1 amide bonds. The van der Waals surface area contributed by atoms with Gasteiger partial charge in [0.1, 0.15) is 5.82 Å². The number of piperazine rings is 1. The molecule has 1 fully saturated rings. The standard InChI is InChI=1S/C16H19N5O/c1-20-6-8-21(9-7-20)16(22)13-4-2-12(3-5-13)14-10-19-15(17)11-18-14/h2-5,10-11H,6-9H2,1H3,(H2,17,19). The highest BCUT2D eigenvalue weighted by Gasteiger charge is 2.20. The SMILES string of the molecule is CN1CCN(C(=O)c2ccc(-c3cnc(N)cn3)cc2)CC1. The van der Waals surface area contributed by atoms with Crippen LogP contribution in [-0.2, 0) is 0 Å². The van der Waals surface area contributed by atoms with Gasteiger partial charge in [-0.2, -0.15) is 0 Å². The van der Waals surface area contributed by atoms with Crippen LogP contribution in [0.2, 0.25) is 0 Å². The Morgan fingerprint density at radius 2 is 1.73 bits per heavy atom. The molecule has 1 aliphatic heterocycles. The van der Waals surface area contributed by atoms with Crippen molar-refractivity contribution >= 4 is 11.7 Å². The van der Waals surface area contributed by atoms with Crippen LogP contribution in [0.3, 0.4) is 0 Å². The Bertz CT molecular complexity index is 645. The molecule has 1 saturated heterocycles. The van der Waals surface area contributed by atoms with Crippen LogP contribution in [0.4, 0.5) is 5.82 Å². The van der Waals surface area contributed by atoms with Crippen molar-refractivity contribution in [2.45, 2.75) is 0 Å². The third kappa shape index (κ3) is 3.07. The first-order valence-electron chi connectivity index (χ1n) is 7.29. The van der Waals surface area contributed by atoms with E-state index < -0.39 is 0 Å². The maximum atomic E-state index is 12.5. The summed E-state index contributed by atoms with van der Waals surface area (Å²) in [6, 6.07) is 7.47. The number of hydrogen-bond acceptors (Lipinski definition) is 5. The van der Waals surface area contributed by atoms with Crippen molar-refractivity contribution in [3.05, 3.63) is 42.2 Å². The summed E-state index contributed by atoms with van der Waals surface area (Å²) in [4.78, 5) is 24.9. The second-order valence-electron chi connectivity index (χ2n) is 5.50. The average molecular weight is 297 g/mol. The molecule has 2 aromatic rings. The quantitative estimate of drug-likeness (QED) is 0.899. The Labute approximate surface area is 129 Å². The van der Waals surface area contributed by atoms with Crippen molar-refractivity contribution in [2.75, 3.05) is 39.0 Å². The molecule has 2 heterocycles. The van der Waals surface area contributed by atoms with Crippen LogP contribution in [0.25, 0.3) is 11.3 Å². The van der Waals surface area contributed by atoms with Gasteiger partial charge in [0.25, 0.3) is 5.91 Å². The number of aromatic nitrogens is 2. The average Bonchev–Trinajstić information content (AvgIpc) is 2.56. The fraction of sp³-hybridized carbons (Fsp3) is 0.312. The highest BCUT2D eigenvalue weighted by atomic mass is 16.2. The predicted molar refractivity (Wildman–Crippen MR) is 85.3 cm³/mol. The number of anilines is 1. The topological polar surface area (TPSA) is 75.3 Å². The van der Waals surface area contributed by atoms with E-state index in [2.05, 4.69) is 21.9 Å². The van der Waals surface area contributed by atoms with Crippen LogP contribution in [0.1, 0.15) is 10.4 Å². The number of benzene rings is 1. The van der Waals surface area contributed by atoms with Gasteiger partial charge in [-0.05, 0) is 19.2 Å². The van der Waals surface area contributed by atoms with E-state index in [4.69, 9.17) is 5.73 Å². The molecule has 1 aromatic heterocycles. The van der Waals surface area contributed by atoms with Gasteiger partial charge in [0.15, 0.2) is 0 Å². The van der Waals surface area contributed by atoms with E-state index in [0.29, 0.717) is 11.4 Å². The minimum Gasteiger partial charge on any atom is -0.382 e. The van der Waals surface area contributed by atoms with E-state index in [1.807, 2.05) is 29.2 Å². The van der Waals surface area contributed by atoms with E-state index in [-0.39, 0.29) is 5.91 Å². The van der Waals surface area contributed by atoms with Gasteiger partial charge in [-0.3, -0.25) is 9.78 Å². The summed E-state index contributed by atoms with van der Waals surface area (Å²) >= 11 is 0. The molecule has 0 spiro atoms. The number of carbonyl (C=O) groups is 1. The molecule has 6 nitrogen and oxygen atoms in total. The Balaban J connectivity index is 1.73. The predicted octanol–water partition coefficient (Wildman–Crippen LogP) is 1.11. The highest BCUT2D eigenvalue weighted by molar-refractivity contribution is 5.94. The van der Waals surface area contributed by atoms with Gasteiger partial charge in [0, 0.05) is 37.3 Å². The van der Waals surface area contributed by atoms with Crippen molar-refractivity contribution in [2.24, 2.45) is 0 Å². The lowest BCUT2D eigenvalue weighted by molar-refractivity contribution is 0.0664. The lowest BCUT2D eigenvalue weighted by Gasteiger charge is -2.32. The second-order valence-corrected chi connectivity index (χ2v) is 5.50. The van der Waals surface area contributed by atoms with Crippen molar-refractivity contribution < 1.29 is 4.79 Å². The molecule has 1 aromatic carbocycles. The van der Waals surface area contributed by atoms with E-state index in [9.17, 15) is 4.79 Å². The summed E-state index contributed by atoms with van der Waals surface area (Å²) in [7, 11) is 2.07. The first-order chi connectivity index (χ1) is 10.6. The van der Waals surface area contributed by atoms with Gasteiger partial charge in [-0.15, -0.1) is 0 Å². The van der Waals surface area contributed by atoms with Crippen LogP contribution in [0, 0.1) is 0 Å². The summed E-state index contributed by atoms with van der Waals surface area (Å²) in [6.45, 7) is 3.40. The Kier molecular flexibility index (Phi) is 4.02. The molecular formula is C16H19N5O. The van der Waals surface area contributed by atoms with Crippen molar-refractivity contribution in [3.63, 3.8) is 0 Å². The molecule has 0 bridgehead atoms. The Morgan fingerprint density at radius 3 is 2.32 bits per heavy atom. The smallest absolute Gasteiger partial charge is 0.253 e. The summed E-state index contributed by atoms with van der Waals surface area (Å²) in [5.74, 6) is 0.480. The molecule has 0 atom stereocenters. The molecule has 22 heavy (non-hydrogen) atoms. The van der Waals surface area contributed by atoms with Crippen molar-refractivity contribution in [1.29, 1.82) is 0 Å². The van der Waals surface area contributed by atoms with E-state index in [0.717, 1.165) is 37.4 Å². The Hall–Kier alpha value is -2.47. The zero-order valence-electron chi connectivity index (χ0n) is 12.6. The van der Waals surface area contributed by atoms with Crippen LogP contribution >= 0.6 is 0 Å². The number of rotatable bonds is 2. The summed E-state index contributed by atoms with van der Waals surface area (Å²) in [5.41, 5.74) is 7.90. The first-order valence-corrected chi connectivity index (χ1v) is 7.29. The molecular weight excluding hydrogens is 278 g/mol. The van der Waals surface area contributed by atoms with Crippen LogP contribution in [0.5, 0.6) is 0 Å². The Morgan fingerprint density at radius 1 is 1.05 bits per heavy atom. The first kappa shape index (κ1) is 14.5. The number of amides is 1. The lowest BCUT2D eigenvalue weighted by atomic mass is 10.1. The molecule has 0 aliphatic carbocycles. The molecule has 114 valence electrons. The minimum atomic E-state index is 0.0861. The van der Waals surface area contributed by atoms with Gasteiger partial charge in [0.05, 0.1) is 18.1 Å². The van der Waals surface area contributed by atoms with Gasteiger partial charge < -0.3 is 15.5 Å². The van der Waals surface area contributed by atoms with E-state index in [1.54, 1.807) is 6.20 Å². The second kappa shape index (κ2) is 6.11. The summed E-state index contributed by atoms with van der Waals surface area (Å²) in [5, 5.41) is 0. The van der Waals surface area contributed by atoms with Crippen LogP contribution in [-0.4, -0.2) is 58.9 Å². The molecule has 0 radical (unpaired) electrons. The molecule has 2 N–H and O–H groups in total. The van der Waals surface area contributed by atoms with Gasteiger partial charge >= 0.3 is 0 Å². The number of nitrogens with zero attached hydrogens (tertiary/aromatic N) is 4. The largest absolute Gasteiger partial charge is 0.382 e. The number of carbonyl (C=O) groups excluding carboxylic acids is 1. The minimum absolute atomic E-state index is 0.0861.